The molecule has 0 aromatic rings. The molecule has 5 N–H and O–H groups in total. The average molecular weight is 535 g/mol. The van der Waals surface area contributed by atoms with E-state index in [1.165, 1.54) is 57.8 Å². The van der Waals surface area contributed by atoms with Gasteiger partial charge in [-0.05, 0) is 38.5 Å². The van der Waals surface area contributed by atoms with Crippen LogP contribution in [0.2, 0.25) is 0 Å². The smallest absolute Gasteiger partial charge is 0.239 e. The van der Waals surface area contributed by atoms with E-state index in [9.17, 15) is 9.59 Å². The van der Waals surface area contributed by atoms with Crippen molar-refractivity contribution in [1.29, 1.82) is 0 Å². The summed E-state index contributed by atoms with van der Waals surface area (Å²) in [6, 6.07) is 0. The second kappa shape index (κ2) is 26.9. The van der Waals surface area contributed by atoms with Gasteiger partial charge in [-0.15, -0.1) is 0 Å². The number of nitrogens with zero attached hydrogens (tertiary/aromatic N) is 1. The van der Waals surface area contributed by atoms with Gasteiger partial charge in [0.05, 0.1) is 13.1 Å². The van der Waals surface area contributed by atoms with Crippen molar-refractivity contribution in [1.82, 2.24) is 31.5 Å². The lowest BCUT2D eigenvalue weighted by molar-refractivity contribution is -0.126. The topological polar surface area (TPSA) is 97.5 Å². The highest BCUT2D eigenvalue weighted by molar-refractivity contribution is 5.85. The van der Waals surface area contributed by atoms with Crippen LogP contribution in [0.3, 0.4) is 0 Å². The van der Waals surface area contributed by atoms with E-state index >= 15 is 0 Å². The molecule has 0 spiro atoms. The zero-order valence-electron chi connectivity index (χ0n) is 24.3. The van der Waals surface area contributed by atoms with E-state index in [1.54, 1.807) is 0 Å². The van der Waals surface area contributed by atoms with Crippen LogP contribution >= 0.6 is 0 Å². The van der Waals surface area contributed by atoms with Gasteiger partial charge in [0.1, 0.15) is 0 Å². The summed E-state index contributed by atoms with van der Waals surface area (Å²) in [6.45, 7) is 10.4. The van der Waals surface area contributed by atoms with Crippen LogP contribution in [0.15, 0.2) is 24.3 Å². The number of carbonyl (C=O) groups is 2. The zero-order valence-corrected chi connectivity index (χ0v) is 24.3. The highest BCUT2D eigenvalue weighted by atomic mass is 16.2. The summed E-state index contributed by atoms with van der Waals surface area (Å²) in [6.07, 6.45) is 23.7. The summed E-state index contributed by atoms with van der Waals surface area (Å²) in [4.78, 5) is 26.5. The Balaban J connectivity index is 1.95. The predicted molar refractivity (Wildman–Crippen MR) is 160 cm³/mol. The molecule has 1 aliphatic rings. The quantitative estimate of drug-likeness (QED) is 0.129. The Hall–Kier alpha value is -1.74. The Kier molecular flexibility index (Phi) is 24.2. The largest absolute Gasteiger partial charge is 0.355 e. The number of allylic oxidation sites excluding steroid dienone is 4. The standard InChI is InChI=1S/C30H58N6O2/c1-2-3-4-5-6-7-8-9-10-11-12-13-14-15-16-17-18-34-29(37)27-35-30(38)28-36-25-23-32-21-19-31-20-22-33-24-26-36/h6-7,9-10,31-33H,2-5,8,11-28H2,1H3,(H,34,37)(H,35,38)/b7-6-,10-9-. The Morgan fingerprint density at radius 2 is 1.21 bits per heavy atom. The first kappa shape index (κ1) is 34.3. The number of rotatable bonds is 19. The van der Waals surface area contributed by atoms with E-state index < -0.39 is 0 Å². The van der Waals surface area contributed by atoms with Crippen molar-refractivity contribution in [2.24, 2.45) is 0 Å². The lowest BCUT2D eigenvalue weighted by Crippen LogP contribution is -2.46. The third-order valence-electron chi connectivity index (χ3n) is 6.68. The first-order chi connectivity index (χ1) is 18.7. The Labute approximate surface area is 233 Å². The Bertz CT molecular complexity index is 614. The van der Waals surface area contributed by atoms with Crippen LogP contribution in [0.4, 0.5) is 0 Å². The fraction of sp³-hybridized carbons (Fsp3) is 0.800. The monoisotopic (exact) mass is 534 g/mol. The predicted octanol–water partition coefficient (Wildman–Crippen LogP) is 3.12. The number of nitrogens with one attached hydrogen (secondary N) is 5. The molecule has 0 unspecified atom stereocenters. The van der Waals surface area contributed by atoms with Gasteiger partial charge in [-0.1, -0.05) is 69.8 Å². The van der Waals surface area contributed by atoms with Crippen molar-refractivity contribution in [3.8, 4) is 0 Å². The van der Waals surface area contributed by atoms with Gasteiger partial charge in [-0.3, -0.25) is 14.5 Å². The molecule has 0 saturated carbocycles. The van der Waals surface area contributed by atoms with Crippen molar-refractivity contribution in [2.75, 3.05) is 72.0 Å². The highest BCUT2D eigenvalue weighted by Crippen LogP contribution is 2.08. The van der Waals surface area contributed by atoms with E-state index in [4.69, 9.17) is 0 Å². The average Bonchev–Trinajstić information content (AvgIpc) is 2.91. The molecule has 0 aromatic heterocycles. The maximum atomic E-state index is 12.3. The van der Waals surface area contributed by atoms with Gasteiger partial charge >= 0.3 is 0 Å². The summed E-state index contributed by atoms with van der Waals surface area (Å²) >= 11 is 0. The molecule has 0 radical (unpaired) electrons. The molecule has 8 nitrogen and oxygen atoms in total. The van der Waals surface area contributed by atoms with E-state index in [0.717, 1.165) is 71.6 Å². The minimum atomic E-state index is -0.106. The van der Waals surface area contributed by atoms with Crippen LogP contribution in [-0.2, 0) is 9.59 Å². The molecule has 0 aromatic carbocycles. The van der Waals surface area contributed by atoms with E-state index in [1.807, 2.05) is 0 Å². The molecule has 1 rings (SSSR count). The van der Waals surface area contributed by atoms with E-state index in [2.05, 4.69) is 62.7 Å². The van der Waals surface area contributed by atoms with Gasteiger partial charge in [0.2, 0.25) is 11.8 Å². The first-order valence-corrected chi connectivity index (χ1v) is 15.4. The summed E-state index contributed by atoms with van der Waals surface area (Å²) in [5.41, 5.74) is 0. The zero-order chi connectivity index (χ0) is 27.4. The Morgan fingerprint density at radius 1 is 0.658 bits per heavy atom. The first-order valence-electron chi connectivity index (χ1n) is 15.4. The second-order valence-electron chi connectivity index (χ2n) is 10.2. The van der Waals surface area contributed by atoms with Crippen LogP contribution in [0.25, 0.3) is 0 Å². The van der Waals surface area contributed by atoms with Gasteiger partial charge in [0.15, 0.2) is 0 Å². The molecule has 220 valence electrons. The molecule has 0 atom stereocenters. The van der Waals surface area contributed by atoms with Gasteiger partial charge in [-0.2, -0.15) is 0 Å². The minimum Gasteiger partial charge on any atom is -0.355 e. The summed E-state index contributed by atoms with van der Waals surface area (Å²) in [5.74, 6) is -0.201. The van der Waals surface area contributed by atoms with Crippen molar-refractivity contribution >= 4 is 11.8 Å². The normalized spacial score (nSPS) is 16.3. The SMILES string of the molecule is CCCCC/C=C\C/C=C\CCCCCCCCNC(=O)CNC(=O)CN1CCNCCNCCNCC1. The van der Waals surface area contributed by atoms with Crippen molar-refractivity contribution in [2.45, 2.75) is 84.0 Å². The third-order valence-corrected chi connectivity index (χ3v) is 6.68. The molecule has 0 bridgehead atoms. The van der Waals surface area contributed by atoms with Crippen molar-refractivity contribution in [3.05, 3.63) is 24.3 Å². The number of hydrogen-bond acceptors (Lipinski definition) is 6. The lowest BCUT2D eigenvalue weighted by atomic mass is 10.1. The molecule has 38 heavy (non-hydrogen) atoms. The molecule has 2 amide bonds. The molecule has 1 saturated heterocycles. The number of unbranched alkanes of at least 4 members (excludes halogenated alkanes) is 9. The molecular weight excluding hydrogens is 476 g/mol. The molecule has 8 heteroatoms. The van der Waals surface area contributed by atoms with Gasteiger partial charge in [0.25, 0.3) is 0 Å². The van der Waals surface area contributed by atoms with E-state index in [0.29, 0.717) is 13.1 Å². The van der Waals surface area contributed by atoms with Gasteiger partial charge in [-0.25, -0.2) is 0 Å². The van der Waals surface area contributed by atoms with Crippen molar-refractivity contribution < 1.29 is 9.59 Å². The molecule has 1 fully saturated rings. The summed E-state index contributed by atoms with van der Waals surface area (Å²) < 4.78 is 0. The second-order valence-corrected chi connectivity index (χ2v) is 10.2. The number of carbonyl (C=O) groups excluding carboxylic acids is 2. The van der Waals surface area contributed by atoms with Crippen LogP contribution in [-0.4, -0.2) is 88.7 Å². The molecule has 1 aliphatic heterocycles. The van der Waals surface area contributed by atoms with Gasteiger partial charge < -0.3 is 26.6 Å². The fourth-order valence-corrected chi connectivity index (χ4v) is 4.31. The fourth-order valence-electron chi connectivity index (χ4n) is 4.31. The highest BCUT2D eigenvalue weighted by Gasteiger charge is 2.12. The number of hydrogen-bond donors (Lipinski definition) is 5. The molecule has 0 aliphatic carbocycles. The van der Waals surface area contributed by atoms with Crippen LogP contribution < -0.4 is 26.6 Å². The number of amides is 2. The molecule has 1 heterocycles. The van der Waals surface area contributed by atoms with Crippen LogP contribution in [0, 0.1) is 0 Å². The van der Waals surface area contributed by atoms with Crippen LogP contribution in [0.5, 0.6) is 0 Å². The van der Waals surface area contributed by atoms with Gasteiger partial charge in [0, 0.05) is 58.9 Å². The minimum absolute atomic E-state index is 0.0526. The lowest BCUT2D eigenvalue weighted by Gasteiger charge is -2.23. The third kappa shape index (κ3) is 23.4. The summed E-state index contributed by atoms with van der Waals surface area (Å²) in [5, 5.41) is 15.9. The Morgan fingerprint density at radius 3 is 1.84 bits per heavy atom. The van der Waals surface area contributed by atoms with E-state index in [-0.39, 0.29) is 18.4 Å². The van der Waals surface area contributed by atoms with Crippen LogP contribution in [0.1, 0.15) is 84.0 Å². The summed E-state index contributed by atoms with van der Waals surface area (Å²) in [7, 11) is 0. The maximum absolute atomic E-state index is 12.3. The maximum Gasteiger partial charge on any atom is 0.239 e. The van der Waals surface area contributed by atoms with Crippen molar-refractivity contribution in [3.63, 3.8) is 0 Å². The molecular formula is C30H58N6O2.